The van der Waals surface area contributed by atoms with E-state index in [0.29, 0.717) is 0 Å². The molecule has 3 atom stereocenters. The molecule has 2 aromatic carbocycles. The van der Waals surface area contributed by atoms with Crippen molar-refractivity contribution in [1.29, 1.82) is 0 Å². The number of carbonyl (C=O) groups is 1. The summed E-state index contributed by atoms with van der Waals surface area (Å²) in [5.74, 6) is -0.195. The van der Waals surface area contributed by atoms with Crippen molar-refractivity contribution >= 4 is 5.91 Å². The van der Waals surface area contributed by atoms with Crippen molar-refractivity contribution in [3.05, 3.63) is 71.8 Å². The summed E-state index contributed by atoms with van der Waals surface area (Å²) in [7, 11) is 0. The fourth-order valence-corrected chi connectivity index (χ4v) is 3.75. The van der Waals surface area contributed by atoms with Gasteiger partial charge >= 0.3 is 0 Å². The molecule has 1 aliphatic carbocycles. The van der Waals surface area contributed by atoms with Gasteiger partial charge in [-0.2, -0.15) is 0 Å². The second kappa shape index (κ2) is 7.63. The van der Waals surface area contributed by atoms with E-state index in [2.05, 4.69) is 29.6 Å². The summed E-state index contributed by atoms with van der Waals surface area (Å²) in [6.45, 7) is 2.05. The van der Waals surface area contributed by atoms with Crippen LogP contribution in [0.4, 0.5) is 0 Å². The average molecular weight is 323 g/mol. The van der Waals surface area contributed by atoms with Gasteiger partial charge in [-0.1, -0.05) is 60.7 Å². The second-order valence-electron chi connectivity index (χ2n) is 6.70. The van der Waals surface area contributed by atoms with E-state index in [1.54, 1.807) is 0 Å². The maximum absolute atomic E-state index is 12.6. The summed E-state index contributed by atoms with van der Waals surface area (Å²) in [6.07, 6.45) is 1.94. The molecule has 0 aromatic heterocycles. The normalized spacial score (nSPS) is 21.6. The number of rotatable bonds is 5. The van der Waals surface area contributed by atoms with Crippen LogP contribution < -0.4 is 5.32 Å². The van der Waals surface area contributed by atoms with E-state index in [-0.39, 0.29) is 23.8 Å². The summed E-state index contributed by atoms with van der Waals surface area (Å²) in [5, 5.41) is 13.1. The Balaban J connectivity index is 1.81. The minimum absolute atomic E-state index is 0.0237. The molecule has 1 aliphatic rings. The summed E-state index contributed by atoms with van der Waals surface area (Å²) >= 11 is 0. The molecule has 24 heavy (non-hydrogen) atoms. The van der Waals surface area contributed by atoms with E-state index < -0.39 is 6.10 Å². The van der Waals surface area contributed by atoms with Gasteiger partial charge in [-0.25, -0.2) is 0 Å². The highest BCUT2D eigenvalue weighted by Gasteiger charge is 2.33. The number of nitrogens with one attached hydrogen (secondary N) is 1. The van der Waals surface area contributed by atoms with Gasteiger partial charge in [0, 0.05) is 12.0 Å². The maximum Gasteiger partial charge on any atom is 0.225 e. The van der Waals surface area contributed by atoms with Crippen molar-refractivity contribution in [3.8, 4) is 0 Å². The van der Waals surface area contributed by atoms with Gasteiger partial charge in [0.15, 0.2) is 0 Å². The second-order valence-corrected chi connectivity index (χ2v) is 6.70. The quantitative estimate of drug-likeness (QED) is 0.885. The van der Waals surface area contributed by atoms with Crippen molar-refractivity contribution in [1.82, 2.24) is 5.32 Å². The third kappa shape index (κ3) is 3.68. The van der Waals surface area contributed by atoms with Crippen LogP contribution in [-0.2, 0) is 4.79 Å². The Morgan fingerprint density at radius 1 is 1.00 bits per heavy atom. The van der Waals surface area contributed by atoms with E-state index >= 15 is 0 Å². The van der Waals surface area contributed by atoms with Crippen molar-refractivity contribution in [2.75, 3.05) is 0 Å². The Labute approximate surface area is 143 Å². The fraction of sp³-hybridized carbons (Fsp3) is 0.381. The topological polar surface area (TPSA) is 49.3 Å². The molecule has 2 aromatic rings. The Bertz CT molecular complexity index is 617. The zero-order chi connectivity index (χ0) is 16.9. The summed E-state index contributed by atoms with van der Waals surface area (Å²) < 4.78 is 0. The molecule has 3 rings (SSSR count). The fourth-order valence-electron chi connectivity index (χ4n) is 3.75. The minimum Gasteiger partial charge on any atom is -0.392 e. The first kappa shape index (κ1) is 16.7. The van der Waals surface area contributed by atoms with Crippen LogP contribution in [0.15, 0.2) is 60.7 Å². The smallest absolute Gasteiger partial charge is 0.225 e. The number of aliphatic hydroxyl groups excluding tert-OH is 1. The van der Waals surface area contributed by atoms with Gasteiger partial charge in [-0.05, 0) is 37.3 Å². The molecule has 126 valence electrons. The highest BCUT2D eigenvalue weighted by Crippen LogP contribution is 2.30. The SMILES string of the molecule is CC(NC(=O)C1CCCC1O)C(c1ccccc1)c1ccccc1. The lowest BCUT2D eigenvalue weighted by Gasteiger charge is -2.27. The van der Waals surface area contributed by atoms with Gasteiger partial charge in [0.1, 0.15) is 0 Å². The maximum atomic E-state index is 12.6. The number of amides is 1. The van der Waals surface area contributed by atoms with Gasteiger partial charge in [-0.3, -0.25) is 4.79 Å². The molecule has 0 aliphatic heterocycles. The predicted molar refractivity (Wildman–Crippen MR) is 95.7 cm³/mol. The first-order chi connectivity index (χ1) is 11.7. The minimum atomic E-state index is -0.496. The van der Waals surface area contributed by atoms with Crippen LogP contribution in [0, 0.1) is 5.92 Å². The summed E-state index contributed by atoms with van der Waals surface area (Å²) in [5.41, 5.74) is 2.37. The summed E-state index contributed by atoms with van der Waals surface area (Å²) in [4.78, 5) is 12.6. The van der Waals surface area contributed by atoms with Crippen molar-refractivity contribution in [2.24, 2.45) is 5.92 Å². The highest BCUT2D eigenvalue weighted by molar-refractivity contribution is 5.80. The van der Waals surface area contributed by atoms with Crippen LogP contribution in [0.25, 0.3) is 0 Å². The Kier molecular flexibility index (Phi) is 5.31. The van der Waals surface area contributed by atoms with Crippen LogP contribution in [0.3, 0.4) is 0 Å². The van der Waals surface area contributed by atoms with Gasteiger partial charge in [-0.15, -0.1) is 0 Å². The predicted octanol–water partition coefficient (Wildman–Crippen LogP) is 3.48. The molecular weight excluding hydrogens is 298 g/mol. The molecule has 1 fully saturated rings. The molecule has 0 saturated heterocycles. The van der Waals surface area contributed by atoms with E-state index in [1.807, 2.05) is 43.3 Å². The highest BCUT2D eigenvalue weighted by atomic mass is 16.3. The number of aliphatic hydroxyl groups is 1. The first-order valence-electron chi connectivity index (χ1n) is 8.75. The third-order valence-corrected chi connectivity index (χ3v) is 5.00. The Morgan fingerprint density at radius 3 is 2.00 bits per heavy atom. The lowest BCUT2D eigenvalue weighted by molar-refractivity contribution is -0.128. The molecule has 3 unspecified atom stereocenters. The lowest BCUT2D eigenvalue weighted by Crippen LogP contribution is -2.42. The Hall–Kier alpha value is -2.13. The van der Waals surface area contributed by atoms with Crippen LogP contribution in [0.2, 0.25) is 0 Å². The van der Waals surface area contributed by atoms with Crippen LogP contribution in [0.1, 0.15) is 43.2 Å². The molecule has 0 heterocycles. The standard InChI is InChI=1S/C21H25NO2/c1-15(22-21(24)18-13-8-14-19(18)23)20(16-9-4-2-5-10-16)17-11-6-3-7-12-17/h2-7,9-12,15,18-20,23H,8,13-14H2,1H3,(H,22,24). The number of hydrogen-bond donors (Lipinski definition) is 2. The molecule has 3 heteroatoms. The van der Waals surface area contributed by atoms with Gasteiger partial charge in [0.05, 0.1) is 12.0 Å². The monoisotopic (exact) mass is 323 g/mol. The molecule has 1 amide bonds. The average Bonchev–Trinajstić information content (AvgIpc) is 3.03. The zero-order valence-corrected chi connectivity index (χ0v) is 14.1. The molecular formula is C21H25NO2. The van der Waals surface area contributed by atoms with Gasteiger partial charge in [0.25, 0.3) is 0 Å². The number of hydrogen-bond acceptors (Lipinski definition) is 2. The molecule has 0 bridgehead atoms. The lowest BCUT2D eigenvalue weighted by atomic mass is 9.85. The summed E-state index contributed by atoms with van der Waals surface area (Å²) in [6, 6.07) is 20.5. The van der Waals surface area contributed by atoms with Crippen molar-refractivity contribution in [3.63, 3.8) is 0 Å². The molecule has 2 N–H and O–H groups in total. The first-order valence-corrected chi connectivity index (χ1v) is 8.75. The molecule has 1 saturated carbocycles. The van der Waals surface area contributed by atoms with Crippen LogP contribution >= 0.6 is 0 Å². The van der Waals surface area contributed by atoms with E-state index in [1.165, 1.54) is 11.1 Å². The number of benzene rings is 2. The Morgan fingerprint density at radius 2 is 1.54 bits per heavy atom. The molecule has 0 spiro atoms. The largest absolute Gasteiger partial charge is 0.392 e. The van der Waals surface area contributed by atoms with E-state index in [9.17, 15) is 9.90 Å². The zero-order valence-electron chi connectivity index (χ0n) is 14.1. The number of carbonyl (C=O) groups excluding carboxylic acids is 1. The van der Waals surface area contributed by atoms with Gasteiger partial charge < -0.3 is 10.4 Å². The van der Waals surface area contributed by atoms with Crippen LogP contribution in [-0.4, -0.2) is 23.2 Å². The van der Waals surface area contributed by atoms with E-state index in [4.69, 9.17) is 0 Å². The molecule has 3 nitrogen and oxygen atoms in total. The molecule has 0 radical (unpaired) electrons. The van der Waals surface area contributed by atoms with Crippen LogP contribution in [0.5, 0.6) is 0 Å². The van der Waals surface area contributed by atoms with E-state index in [0.717, 1.165) is 19.3 Å². The third-order valence-electron chi connectivity index (χ3n) is 5.00. The van der Waals surface area contributed by atoms with Gasteiger partial charge in [0.2, 0.25) is 5.91 Å². The van der Waals surface area contributed by atoms with Crippen molar-refractivity contribution in [2.45, 2.75) is 44.2 Å². The van der Waals surface area contributed by atoms with Crippen molar-refractivity contribution < 1.29 is 9.90 Å².